The Labute approximate surface area is 78.5 Å². The normalized spacial score (nSPS) is 18.2. The fourth-order valence-corrected chi connectivity index (χ4v) is 1.95. The van der Waals surface area contributed by atoms with Crippen molar-refractivity contribution in [2.75, 3.05) is 6.54 Å². The summed E-state index contributed by atoms with van der Waals surface area (Å²) in [6.07, 6.45) is 7.29. The quantitative estimate of drug-likeness (QED) is 0.769. The molecular formula is C10H16N2O. The van der Waals surface area contributed by atoms with Crippen LogP contribution < -0.4 is 5.32 Å². The van der Waals surface area contributed by atoms with Gasteiger partial charge in [0.1, 0.15) is 5.76 Å². The van der Waals surface area contributed by atoms with Crippen LogP contribution >= 0.6 is 0 Å². The minimum absolute atomic E-state index is 0.816. The predicted octanol–water partition coefficient (Wildman–Crippen LogP) is 1.95. The Morgan fingerprint density at radius 2 is 2.31 bits per heavy atom. The first-order valence-corrected chi connectivity index (χ1v) is 5.05. The molecule has 0 atom stereocenters. The van der Waals surface area contributed by atoms with E-state index in [1.165, 1.54) is 25.7 Å². The van der Waals surface area contributed by atoms with Gasteiger partial charge in [0.05, 0.1) is 12.7 Å². The average molecular weight is 180 g/mol. The molecule has 0 bridgehead atoms. The van der Waals surface area contributed by atoms with Gasteiger partial charge < -0.3 is 9.84 Å². The van der Waals surface area contributed by atoms with Crippen LogP contribution in [-0.2, 0) is 6.54 Å². The van der Waals surface area contributed by atoms with Crippen molar-refractivity contribution in [2.45, 2.75) is 32.2 Å². The van der Waals surface area contributed by atoms with Crippen molar-refractivity contribution in [3.63, 3.8) is 0 Å². The van der Waals surface area contributed by atoms with Crippen LogP contribution in [0.4, 0.5) is 0 Å². The number of hydrogen-bond acceptors (Lipinski definition) is 3. The number of aromatic nitrogens is 1. The molecular weight excluding hydrogens is 164 g/mol. The van der Waals surface area contributed by atoms with E-state index < -0.39 is 0 Å². The minimum atomic E-state index is 0.816. The standard InChI is InChI=1S/C10H16N2O/c1-2-4-9(3-1)7-11-8-10-5-6-12-13-10/h5-6,9,11H,1-4,7-8H2. The monoisotopic (exact) mass is 180 g/mol. The zero-order valence-electron chi connectivity index (χ0n) is 7.83. The van der Waals surface area contributed by atoms with Gasteiger partial charge in [-0.2, -0.15) is 0 Å². The summed E-state index contributed by atoms with van der Waals surface area (Å²) >= 11 is 0. The highest BCUT2D eigenvalue weighted by molar-refractivity contribution is 4.91. The Hall–Kier alpha value is -0.830. The second-order valence-electron chi connectivity index (χ2n) is 3.76. The zero-order chi connectivity index (χ0) is 8.93. The summed E-state index contributed by atoms with van der Waals surface area (Å²) in [6.45, 7) is 1.94. The molecule has 3 heteroatoms. The molecule has 0 unspecified atom stereocenters. The molecule has 1 aromatic rings. The van der Waals surface area contributed by atoms with Crippen LogP contribution in [0.2, 0.25) is 0 Å². The van der Waals surface area contributed by atoms with Gasteiger partial charge in [-0.1, -0.05) is 18.0 Å². The van der Waals surface area contributed by atoms with E-state index in [9.17, 15) is 0 Å². The van der Waals surface area contributed by atoms with Crippen molar-refractivity contribution in [1.82, 2.24) is 10.5 Å². The molecule has 0 spiro atoms. The average Bonchev–Trinajstić information content (AvgIpc) is 2.75. The van der Waals surface area contributed by atoms with Gasteiger partial charge in [-0.15, -0.1) is 0 Å². The zero-order valence-corrected chi connectivity index (χ0v) is 7.83. The van der Waals surface area contributed by atoms with Crippen LogP contribution in [0, 0.1) is 5.92 Å². The van der Waals surface area contributed by atoms with Gasteiger partial charge in [0.15, 0.2) is 0 Å². The van der Waals surface area contributed by atoms with Gasteiger partial charge in [0.25, 0.3) is 0 Å². The molecule has 0 aliphatic heterocycles. The molecule has 1 heterocycles. The summed E-state index contributed by atoms with van der Waals surface area (Å²) in [4.78, 5) is 0. The second kappa shape index (κ2) is 4.42. The fraction of sp³-hybridized carbons (Fsp3) is 0.700. The van der Waals surface area contributed by atoms with Gasteiger partial charge in [-0.05, 0) is 25.3 Å². The number of hydrogen-bond donors (Lipinski definition) is 1. The highest BCUT2D eigenvalue weighted by atomic mass is 16.5. The van der Waals surface area contributed by atoms with E-state index in [0.717, 1.165) is 24.8 Å². The molecule has 1 aliphatic rings. The number of nitrogens with one attached hydrogen (secondary N) is 1. The number of nitrogens with zero attached hydrogens (tertiary/aromatic N) is 1. The Kier molecular flexibility index (Phi) is 2.98. The molecule has 1 fully saturated rings. The van der Waals surface area contributed by atoms with Crippen molar-refractivity contribution < 1.29 is 4.52 Å². The van der Waals surface area contributed by atoms with Gasteiger partial charge in [0.2, 0.25) is 0 Å². The van der Waals surface area contributed by atoms with E-state index in [4.69, 9.17) is 4.52 Å². The van der Waals surface area contributed by atoms with Crippen molar-refractivity contribution in [2.24, 2.45) is 5.92 Å². The topological polar surface area (TPSA) is 38.1 Å². The molecule has 3 nitrogen and oxygen atoms in total. The fourth-order valence-electron chi connectivity index (χ4n) is 1.95. The maximum absolute atomic E-state index is 4.99. The molecule has 1 saturated carbocycles. The molecule has 2 rings (SSSR count). The van der Waals surface area contributed by atoms with E-state index in [1.54, 1.807) is 6.20 Å². The lowest BCUT2D eigenvalue weighted by atomic mass is 10.1. The molecule has 0 amide bonds. The Morgan fingerprint density at radius 3 is 3.00 bits per heavy atom. The van der Waals surface area contributed by atoms with Gasteiger partial charge >= 0.3 is 0 Å². The Bertz CT molecular complexity index is 227. The summed E-state index contributed by atoms with van der Waals surface area (Å²) < 4.78 is 4.99. The highest BCUT2D eigenvalue weighted by Gasteiger charge is 2.13. The largest absolute Gasteiger partial charge is 0.360 e. The van der Waals surface area contributed by atoms with Gasteiger partial charge in [-0.3, -0.25) is 0 Å². The molecule has 0 radical (unpaired) electrons. The maximum atomic E-state index is 4.99. The van der Waals surface area contributed by atoms with Gasteiger partial charge in [0, 0.05) is 6.07 Å². The SMILES string of the molecule is c1cc(CNCC2CCCC2)on1. The maximum Gasteiger partial charge on any atom is 0.150 e. The lowest BCUT2D eigenvalue weighted by molar-refractivity contribution is 0.365. The van der Waals surface area contributed by atoms with E-state index in [-0.39, 0.29) is 0 Å². The van der Waals surface area contributed by atoms with Crippen molar-refractivity contribution in [3.8, 4) is 0 Å². The third-order valence-electron chi connectivity index (χ3n) is 2.70. The van der Waals surface area contributed by atoms with Crippen LogP contribution in [-0.4, -0.2) is 11.7 Å². The summed E-state index contributed by atoms with van der Waals surface area (Å²) in [5.41, 5.74) is 0. The molecule has 1 N–H and O–H groups in total. The molecule has 1 aromatic heterocycles. The third kappa shape index (κ3) is 2.56. The molecule has 0 saturated heterocycles. The van der Waals surface area contributed by atoms with Gasteiger partial charge in [-0.25, -0.2) is 0 Å². The summed E-state index contributed by atoms with van der Waals surface area (Å²) in [5, 5.41) is 7.05. The van der Waals surface area contributed by atoms with E-state index in [0.29, 0.717) is 0 Å². The van der Waals surface area contributed by atoms with E-state index in [1.807, 2.05) is 6.07 Å². The Morgan fingerprint density at radius 1 is 1.46 bits per heavy atom. The molecule has 0 aromatic carbocycles. The molecule has 72 valence electrons. The smallest absolute Gasteiger partial charge is 0.150 e. The Balaban J connectivity index is 1.63. The van der Waals surface area contributed by atoms with Crippen molar-refractivity contribution >= 4 is 0 Å². The van der Waals surface area contributed by atoms with Crippen LogP contribution in [0.1, 0.15) is 31.4 Å². The highest BCUT2D eigenvalue weighted by Crippen LogP contribution is 2.23. The van der Waals surface area contributed by atoms with Crippen LogP contribution in [0.3, 0.4) is 0 Å². The summed E-state index contributed by atoms with van der Waals surface area (Å²) in [7, 11) is 0. The van der Waals surface area contributed by atoms with Crippen molar-refractivity contribution in [3.05, 3.63) is 18.0 Å². The number of rotatable bonds is 4. The van der Waals surface area contributed by atoms with Crippen LogP contribution in [0.15, 0.2) is 16.8 Å². The summed E-state index contributed by atoms with van der Waals surface area (Å²) in [6, 6.07) is 1.90. The predicted molar refractivity (Wildman–Crippen MR) is 50.2 cm³/mol. The van der Waals surface area contributed by atoms with E-state index in [2.05, 4.69) is 10.5 Å². The molecule has 1 aliphatic carbocycles. The summed E-state index contributed by atoms with van der Waals surface area (Å²) in [5.74, 6) is 1.82. The molecule has 13 heavy (non-hydrogen) atoms. The van der Waals surface area contributed by atoms with E-state index >= 15 is 0 Å². The van der Waals surface area contributed by atoms with Crippen LogP contribution in [0.5, 0.6) is 0 Å². The lowest BCUT2D eigenvalue weighted by Crippen LogP contribution is -2.20. The first-order valence-electron chi connectivity index (χ1n) is 5.05. The second-order valence-corrected chi connectivity index (χ2v) is 3.76. The first-order chi connectivity index (χ1) is 6.45. The van der Waals surface area contributed by atoms with Crippen LogP contribution in [0.25, 0.3) is 0 Å². The third-order valence-corrected chi connectivity index (χ3v) is 2.70. The van der Waals surface area contributed by atoms with Crippen molar-refractivity contribution in [1.29, 1.82) is 0 Å². The lowest BCUT2D eigenvalue weighted by Gasteiger charge is -2.08. The first kappa shape index (κ1) is 8.75. The minimum Gasteiger partial charge on any atom is -0.360 e.